The van der Waals surface area contributed by atoms with Gasteiger partial charge in [0.1, 0.15) is 17.1 Å². The Morgan fingerprint density at radius 1 is 1.15 bits per heavy atom. The molecule has 0 saturated carbocycles. The Hall–Kier alpha value is -2.44. The van der Waals surface area contributed by atoms with Crippen LogP contribution in [0.2, 0.25) is 10.0 Å². The monoisotopic (exact) mass is 397 g/mol. The van der Waals surface area contributed by atoms with E-state index in [2.05, 4.69) is 5.32 Å². The van der Waals surface area contributed by atoms with Crippen molar-refractivity contribution in [1.29, 1.82) is 0 Å². The van der Waals surface area contributed by atoms with E-state index in [4.69, 9.17) is 32.7 Å². The van der Waals surface area contributed by atoms with Gasteiger partial charge in [0.05, 0.1) is 7.11 Å². The van der Waals surface area contributed by atoms with Crippen molar-refractivity contribution in [3.05, 3.63) is 57.6 Å². The Morgan fingerprint density at radius 3 is 2.58 bits per heavy atom. The molecule has 2 aromatic carbocycles. The molecule has 0 aliphatic heterocycles. The number of phenols is 1. The molecule has 1 amide bonds. The van der Waals surface area contributed by atoms with E-state index in [1.165, 1.54) is 25.3 Å². The fraction of sp³-hybridized carbons (Fsp3) is 0.222. The minimum atomic E-state index is -0.805. The Balaban J connectivity index is 1.78. The van der Waals surface area contributed by atoms with E-state index < -0.39 is 18.5 Å². The second-order valence-electron chi connectivity index (χ2n) is 5.29. The Labute approximate surface area is 160 Å². The quantitative estimate of drug-likeness (QED) is 0.700. The number of carbonyl (C=O) groups is 2. The number of hydrogen-bond acceptors (Lipinski definition) is 5. The van der Waals surface area contributed by atoms with Crippen molar-refractivity contribution in [2.45, 2.75) is 6.42 Å². The number of benzene rings is 2. The second kappa shape index (κ2) is 9.31. The summed E-state index contributed by atoms with van der Waals surface area (Å²) in [6.07, 6.45) is 0.509. The molecular weight excluding hydrogens is 381 g/mol. The average Bonchev–Trinajstić information content (AvgIpc) is 2.61. The van der Waals surface area contributed by atoms with E-state index in [9.17, 15) is 14.7 Å². The van der Waals surface area contributed by atoms with Gasteiger partial charge in [0.2, 0.25) is 0 Å². The highest BCUT2D eigenvalue weighted by atomic mass is 35.5. The van der Waals surface area contributed by atoms with Gasteiger partial charge >= 0.3 is 5.97 Å². The predicted molar refractivity (Wildman–Crippen MR) is 98.1 cm³/mol. The zero-order valence-electron chi connectivity index (χ0n) is 13.9. The summed E-state index contributed by atoms with van der Waals surface area (Å²) >= 11 is 11.9. The van der Waals surface area contributed by atoms with Crippen LogP contribution in [0.1, 0.15) is 15.9 Å². The van der Waals surface area contributed by atoms with Crippen molar-refractivity contribution in [1.82, 2.24) is 5.32 Å². The van der Waals surface area contributed by atoms with E-state index in [0.717, 1.165) is 5.56 Å². The number of ether oxygens (including phenoxy) is 2. The summed E-state index contributed by atoms with van der Waals surface area (Å²) in [5.41, 5.74) is 0.795. The molecule has 0 unspecified atom stereocenters. The van der Waals surface area contributed by atoms with Crippen LogP contribution in [-0.2, 0) is 16.0 Å². The van der Waals surface area contributed by atoms with E-state index in [1.807, 2.05) is 0 Å². The third-order valence-electron chi connectivity index (χ3n) is 3.49. The van der Waals surface area contributed by atoms with E-state index in [0.29, 0.717) is 28.8 Å². The molecular formula is C18H17Cl2NO5. The molecule has 0 aromatic heterocycles. The SMILES string of the molecule is COc1ccc(C(=O)OCC(=O)NCCc2ccc(Cl)cc2Cl)c(O)c1. The maximum atomic E-state index is 11.9. The lowest BCUT2D eigenvalue weighted by Crippen LogP contribution is -2.30. The highest BCUT2D eigenvalue weighted by Gasteiger charge is 2.15. The van der Waals surface area contributed by atoms with Crippen molar-refractivity contribution < 1.29 is 24.2 Å². The van der Waals surface area contributed by atoms with Crippen LogP contribution in [0.15, 0.2) is 36.4 Å². The third kappa shape index (κ3) is 5.54. The highest BCUT2D eigenvalue weighted by molar-refractivity contribution is 6.35. The lowest BCUT2D eigenvalue weighted by molar-refractivity contribution is -0.124. The number of amides is 1. The smallest absolute Gasteiger partial charge is 0.342 e. The van der Waals surface area contributed by atoms with Crippen molar-refractivity contribution in [2.24, 2.45) is 0 Å². The molecule has 0 spiro atoms. The fourth-order valence-corrected chi connectivity index (χ4v) is 2.63. The van der Waals surface area contributed by atoms with Gasteiger partial charge in [-0.1, -0.05) is 29.3 Å². The van der Waals surface area contributed by atoms with Crippen LogP contribution in [0.3, 0.4) is 0 Å². The molecule has 6 nitrogen and oxygen atoms in total. The predicted octanol–water partition coefficient (Wildman–Crippen LogP) is 3.22. The number of halogens is 2. The highest BCUT2D eigenvalue weighted by Crippen LogP contribution is 2.24. The molecule has 26 heavy (non-hydrogen) atoms. The first-order valence-corrected chi connectivity index (χ1v) is 8.41. The molecule has 0 aliphatic carbocycles. The standard InChI is InChI=1S/C18H17Cl2NO5/c1-25-13-4-5-14(16(22)9-13)18(24)26-10-17(23)21-7-6-11-2-3-12(19)8-15(11)20/h2-5,8-9,22H,6-7,10H2,1H3,(H,21,23). The number of methoxy groups -OCH3 is 1. The van der Waals surface area contributed by atoms with E-state index in [1.54, 1.807) is 18.2 Å². The van der Waals surface area contributed by atoms with E-state index >= 15 is 0 Å². The first-order valence-electron chi connectivity index (χ1n) is 7.65. The molecule has 2 rings (SSSR count). The fourth-order valence-electron chi connectivity index (χ4n) is 2.13. The lowest BCUT2D eigenvalue weighted by Gasteiger charge is -2.09. The molecule has 2 N–H and O–H groups in total. The van der Waals surface area contributed by atoms with Crippen LogP contribution < -0.4 is 10.1 Å². The van der Waals surface area contributed by atoms with Gasteiger partial charge in [-0.25, -0.2) is 4.79 Å². The zero-order valence-corrected chi connectivity index (χ0v) is 15.4. The van der Waals surface area contributed by atoms with Crippen LogP contribution in [0.4, 0.5) is 0 Å². The van der Waals surface area contributed by atoms with Crippen molar-refractivity contribution in [2.75, 3.05) is 20.3 Å². The Kier molecular flexibility index (Phi) is 7.12. The summed E-state index contributed by atoms with van der Waals surface area (Å²) in [5, 5.41) is 13.5. The third-order valence-corrected chi connectivity index (χ3v) is 4.08. The molecule has 2 aromatic rings. The number of nitrogens with one attached hydrogen (secondary N) is 1. The molecule has 138 valence electrons. The van der Waals surface area contributed by atoms with Gasteiger partial charge in [0.15, 0.2) is 6.61 Å². The molecule has 0 saturated heterocycles. The van der Waals surface area contributed by atoms with Crippen LogP contribution in [0.5, 0.6) is 11.5 Å². The number of carbonyl (C=O) groups excluding carboxylic acids is 2. The maximum absolute atomic E-state index is 11.9. The van der Waals surface area contributed by atoms with Gasteiger partial charge in [-0.3, -0.25) is 4.79 Å². The minimum absolute atomic E-state index is 0.0495. The first-order chi connectivity index (χ1) is 12.4. The van der Waals surface area contributed by atoms with Crippen LogP contribution in [-0.4, -0.2) is 37.2 Å². The molecule has 0 fully saturated rings. The summed E-state index contributed by atoms with van der Waals surface area (Å²) in [4.78, 5) is 23.7. The summed E-state index contributed by atoms with van der Waals surface area (Å²) in [5.74, 6) is -1.15. The van der Waals surface area contributed by atoms with Crippen LogP contribution >= 0.6 is 23.2 Å². The second-order valence-corrected chi connectivity index (χ2v) is 6.14. The van der Waals surface area contributed by atoms with Gasteiger partial charge in [-0.2, -0.15) is 0 Å². The lowest BCUT2D eigenvalue weighted by atomic mass is 10.1. The van der Waals surface area contributed by atoms with Crippen molar-refractivity contribution in [3.8, 4) is 11.5 Å². The molecule has 8 heteroatoms. The van der Waals surface area contributed by atoms with Crippen molar-refractivity contribution in [3.63, 3.8) is 0 Å². The first kappa shape index (κ1) is 19.9. The molecule has 0 heterocycles. The summed E-state index contributed by atoms with van der Waals surface area (Å²) < 4.78 is 9.82. The van der Waals surface area contributed by atoms with Crippen LogP contribution in [0.25, 0.3) is 0 Å². The molecule has 0 bridgehead atoms. The van der Waals surface area contributed by atoms with Gasteiger partial charge in [0.25, 0.3) is 5.91 Å². The Morgan fingerprint density at radius 2 is 1.92 bits per heavy atom. The van der Waals surface area contributed by atoms with Gasteiger partial charge in [-0.05, 0) is 36.2 Å². The van der Waals surface area contributed by atoms with E-state index in [-0.39, 0.29) is 11.3 Å². The zero-order chi connectivity index (χ0) is 19.1. The molecule has 0 radical (unpaired) electrons. The summed E-state index contributed by atoms with van der Waals surface area (Å²) in [6, 6.07) is 9.27. The van der Waals surface area contributed by atoms with Gasteiger partial charge in [-0.15, -0.1) is 0 Å². The Bertz CT molecular complexity index is 810. The number of aromatic hydroxyl groups is 1. The number of rotatable bonds is 7. The molecule has 0 aliphatic rings. The number of phenolic OH excluding ortho intramolecular Hbond substituents is 1. The summed E-state index contributed by atoms with van der Waals surface area (Å²) in [7, 11) is 1.44. The topological polar surface area (TPSA) is 84.9 Å². The van der Waals surface area contributed by atoms with Crippen LogP contribution in [0, 0.1) is 0 Å². The largest absolute Gasteiger partial charge is 0.507 e. The number of hydrogen-bond donors (Lipinski definition) is 2. The van der Waals surface area contributed by atoms with Gasteiger partial charge < -0.3 is 19.9 Å². The minimum Gasteiger partial charge on any atom is -0.507 e. The van der Waals surface area contributed by atoms with Gasteiger partial charge in [0, 0.05) is 22.7 Å². The molecule has 0 atom stereocenters. The average molecular weight is 398 g/mol. The normalized spacial score (nSPS) is 10.3. The summed E-state index contributed by atoms with van der Waals surface area (Å²) in [6.45, 7) is -0.135. The maximum Gasteiger partial charge on any atom is 0.342 e. The van der Waals surface area contributed by atoms with Crippen molar-refractivity contribution >= 4 is 35.1 Å². The number of esters is 1.